The number of nitrogens with zero attached hydrogens (tertiary/aromatic N) is 3. The first-order valence-corrected chi connectivity index (χ1v) is 18.1. The van der Waals surface area contributed by atoms with Crippen molar-refractivity contribution in [1.82, 2.24) is 24.1 Å². The van der Waals surface area contributed by atoms with Gasteiger partial charge < -0.3 is 15.3 Å². The van der Waals surface area contributed by atoms with Gasteiger partial charge >= 0.3 is 16.3 Å². The lowest BCUT2D eigenvalue weighted by atomic mass is 9.73. The quantitative estimate of drug-likeness (QED) is 0.336. The number of nitrogens with one attached hydrogen (secondary N) is 2. The third kappa shape index (κ3) is 4.97. The van der Waals surface area contributed by atoms with Crippen LogP contribution in [0.2, 0.25) is 0 Å². The maximum absolute atomic E-state index is 14.8. The number of hydrogen-bond donors (Lipinski definition) is 3. The van der Waals surface area contributed by atoms with Crippen LogP contribution in [0.4, 0.5) is 4.79 Å². The molecule has 2 saturated heterocycles. The van der Waals surface area contributed by atoms with Crippen LogP contribution in [0.1, 0.15) is 100 Å². The minimum absolute atomic E-state index is 0.0105. The molecule has 2 aliphatic heterocycles. The summed E-state index contributed by atoms with van der Waals surface area (Å²) in [5.74, 6) is -2.27. The zero-order valence-corrected chi connectivity index (χ0v) is 29.6. The summed E-state index contributed by atoms with van der Waals surface area (Å²) in [6, 6.07) is -2.04. The van der Waals surface area contributed by atoms with Crippen molar-refractivity contribution in [3.63, 3.8) is 0 Å². The largest absolute Gasteiger partial charge is 0.465 e. The predicted molar refractivity (Wildman–Crippen MR) is 173 cm³/mol. The van der Waals surface area contributed by atoms with Gasteiger partial charge in [-0.1, -0.05) is 47.1 Å². The van der Waals surface area contributed by atoms with Crippen LogP contribution < -0.4 is 10.0 Å². The lowest BCUT2D eigenvalue weighted by Crippen LogP contribution is -2.64. The first kappa shape index (κ1) is 34.7. The molecule has 3 N–H and O–H groups in total. The van der Waals surface area contributed by atoms with Crippen molar-refractivity contribution in [2.24, 2.45) is 27.6 Å². The fourth-order valence-corrected chi connectivity index (χ4v) is 10.7. The van der Waals surface area contributed by atoms with Gasteiger partial charge in [0.05, 0.1) is 0 Å². The van der Waals surface area contributed by atoms with E-state index in [4.69, 9.17) is 0 Å². The molecule has 0 bridgehead atoms. The number of likely N-dealkylation sites (tertiary alicyclic amines) is 1. The second kappa shape index (κ2) is 10.7. The second-order valence-corrected chi connectivity index (χ2v) is 18.6. The Kier molecular flexibility index (Phi) is 8.04. The van der Waals surface area contributed by atoms with E-state index in [0.29, 0.717) is 38.9 Å². The van der Waals surface area contributed by atoms with Crippen LogP contribution in [0.3, 0.4) is 0 Å². The first-order valence-electron chi connectivity index (χ1n) is 16.6. The van der Waals surface area contributed by atoms with E-state index >= 15 is 0 Å². The molecule has 2 spiro atoms. The van der Waals surface area contributed by atoms with Gasteiger partial charge in [0.15, 0.2) is 0 Å². The van der Waals surface area contributed by atoms with E-state index in [2.05, 4.69) is 30.5 Å². The lowest BCUT2D eigenvalue weighted by Gasteiger charge is -2.46. The summed E-state index contributed by atoms with van der Waals surface area (Å²) in [6.45, 7) is 19.9. The molecule has 12 nitrogen and oxygen atoms in total. The third-order valence-corrected chi connectivity index (χ3v) is 13.8. The van der Waals surface area contributed by atoms with E-state index in [0.717, 1.165) is 19.3 Å². The standard InChI is InChI=1S/C33H53N5O7S/c1-10-21-18-33(21,26(41)35-46(44,45)36-16-11-12-17-36)34-24(39)22-19-32(30(8,9)31(32)14-13-15-31)20-37(22)25(40)23(28(2,3)4)38(27(42)43)29(5,6)7/h10,21-23H,1,11-20H2,2-9H3,(H,34,39)(H,35,41)(H,42,43)/t21-,22+,23-,32-,33-/m1/s1. The topological polar surface area (TPSA) is 156 Å². The van der Waals surface area contributed by atoms with Crippen molar-refractivity contribution in [1.29, 1.82) is 0 Å². The SMILES string of the molecule is C=C[C@@H]1C[C@]1(NC(=O)[C@@H]1C[C@@]2(CN1C(=O)[C@@H](N(C(=O)O)C(C)(C)C)C(C)(C)C)C(C)(C)C21CCC1)C(=O)NS(=O)(=O)N1CCCC1. The van der Waals surface area contributed by atoms with Gasteiger partial charge in [0.1, 0.15) is 17.6 Å². The Morgan fingerprint density at radius 1 is 0.978 bits per heavy atom. The summed E-state index contributed by atoms with van der Waals surface area (Å²) in [7, 11) is -4.09. The Morgan fingerprint density at radius 3 is 1.98 bits per heavy atom. The summed E-state index contributed by atoms with van der Waals surface area (Å²) < 4.78 is 29.4. The van der Waals surface area contributed by atoms with E-state index < -0.39 is 68.5 Å². The molecule has 3 aliphatic carbocycles. The summed E-state index contributed by atoms with van der Waals surface area (Å²) in [4.78, 5) is 58.3. The van der Waals surface area contributed by atoms with Crippen LogP contribution in [-0.2, 0) is 24.6 Å². The van der Waals surface area contributed by atoms with Gasteiger partial charge in [0, 0.05) is 36.5 Å². The molecule has 46 heavy (non-hydrogen) atoms. The molecule has 2 heterocycles. The average molecular weight is 664 g/mol. The van der Waals surface area contributed by atoms with Crippen LogP contribution in [0, 0.1) is 27.6 Å². The number of amides is 4. The predicted octanol–water partition coefficient (Wildman–Crippen LogP) is 3.49. The highest BCUT2D eigenvalue weighted by molar-refractivity contribution is 7.87. The highest BCUT2D eigenvalue weighted by atomic mass is 32.2. The first-order chi connectivity index (χ1) is 21.0. The van der Waals surface area contributed by atoms with E-state index in [1.165, 1.54) is 9.21 Å². The van der Waals surface area contributed by atoms with Crippen LogP contribution in [-0.4, -0.2) is 94.2 Å². The number of rotatable bonds is 8. The minimum Gasteiger partial charge on any atom is -0.465 e. The van der Waals surface area contributed by atoms with Gasteiger partial charge in [-0.25, -0.2) is 9.52 Å². The summed E-state index contributed by atoms with van der Waals surface area (Å²) >= 11 is 0. The molecular formula is C33H53N5O7S. The Hall–Kier alpha value is -2.67. The van der Waals surface area contributed by atoms with Crippen molar-refractivity contribution in [2.75, 3.05) is 19.6 Å². The average Bonchev–Trinajstić information content (AvgIpc) is 3.38. The van der Waals surface area contributed by atoms with E-state index in [9.17, 15) is 32.7 Å². The van der Waals surface area contributed by atoms with Crippen molar-refractivity contribution < 1.29 is 32.7 Å². The van der Waals surface area contributed by atoms with Crippen molar-refractivity contribution in [3.05, 3.63) is 12.7 Å². The van der Waals surface area contributed by atoms with Crippen molar-refractivity contribution in [3.8, 4) is 0 Å². The van der Waals surface area contributed by atoms with Crippen LogP contribution in [0.5, 0.6) is 0 Å². The molecule has 5 rings (SSSR count). The molecule has 258 valence electrons. The number of carboxylic acid groups (broad SMARTS) is 1. The normalized spacial score (nSPS) is 32.0. The van der Waals surface area contributed by atoms with Gasteiger partial charge in [0.2, 0.25) is 11.8 Å². The third-order valence-electron chi connectivity index (χ3n) is 12.3. The molecule has 5 atom stereocenters. The maximum Gasteiger partial charge on any atom is 0.408 e. The van der Waals surface area contributed by atoms with Gasteiger partial charge in [-0.2, -0.15) is 12.7 Å². The van der Waals surface area contributed by atoms with Gasteiger partial charge in [-0.3, -0.25) is 19.3 Å². The van der Waals surface area contributed by atoms with E-state index in [-0.39, 0.29) is 22.7 Å². The zero-order chi connectivity index (χ0) is 34.5. The summed E-state index contributed by atoms with van der Waals surface area (Å²) in [5, 5.41) is 13.3. The molecular weight excluding hydrogens is 610 g/mol. The van der Waals surface area contributed by atoms with Crippen molar-refractivity contribution >= 4 is 34.0 Å². The van der Waals surface area contributed by atoms with E-state index in [1.807, 2.05) is 20.8 Å². The van der Waals surface area contributed by atoms with Gasteiger partial charge in [-0.05, 0) is 75.5 Å². The van der Waals surface area contributed by atoms with E-state index in [1.54, 1.807) is 31.7 Å². The molecule has 5 aliphatic rings. The molecule has 4 amide bonds. The highest BCUT2D eigenvalue weighted by Crippen LogP contribution is 2.88. The fourth-order valence-electron chi connectivity index (χ4n) is 9.41. The van der Waals surface area contributed by atoms with Gasteiger partial charge in [0.25, 0.3) is 5.91 Å². The molecule has 3 saturated carbocycles. The Balaban J connectivity index is 1.49. The summed E-state index contributed by atoms with van der Waals surface area (Å²) in [6.07, 6.45) is 5.39. The number of carbonyl (C=O) groups is 4. The molecule has 0 unspecified atom stereocenters. The molecule has 13 heteroatoms. The highest BCUT2D eigenvalue weighted by Gasteiger charge is 2.85. The maximum atomic E-state index is 14.8. The smallest absolute Gasteiger partial charge is 0.408 e. The molecule has 0 radical (unpaired) electrons. The minimum atomic E-state index is -4.09. The Bertz CT molecular complexity index is 1440. The summed E-state index contributed by atoms with van der Waals surface area (Å²) in [5.41, 5.74) is -3.70. The molecule has 0 aromatic carbocycles. The van der Waals surface area contributed by atoms with Crippen LogP contribution in [0.15, 0.2) is 12.7 Å². The second-order valence-electron chi connectivity index (χ2n) is 17.0. The monoisotopic (exact) mass is 663 g/mol. The Morgan fingerprint density at radius 2 is 1.57 bits per heavy atom. The van der Waals surface area contributed by atoms with Crippen molar-refractivity contribution in [2.45, 2.75) is 123 Å². The van der Waals surface area contributed by atoms with Gasteiger partial charge in [-0.15, -0.1) is 6.58 Å². The fraction of sp³-hybridized carbons (Fsp3) is 0.818. The zero-order valence-electron chi connectivity index (χ0n) is 28.7. The lowest BCUT2D eigenvalue weighted by molar-refractivity contribution is -0.148. The number of hydrogen-bond acceptors (Lipinski definition) is 6. The molecule has 0 aromatic heterocycles. The number of carbonyl (C=O) groups excluding carboxylic acids is 3. The van der Waals surface area contributed by atoms with Crippen LogP contribution >= 0.6 is 0 Å². The molecule has 0 aromatic rings. The Labute approximate surface area is 273 Å². The molecule has 5 fully saturated rings. The van der Waals surface area contributed by atoms with Crippen LogP contribution in [0.25, 0.3) is 0 Å². The number of fused-ring (bicyclic) bond motifs is 1.